The molecule has 2 heterocycles. The maximum absolute atomic E-state index is 12.3. The van der Waals surface area contributed by atoms with Gasteiger partial charge in [0.25, 0.3) is 0 Å². The Hall–Kier alpha value is -1.81. The van der Waals surface area contributed by atoms with Gasteiger partial charge in [-0.2, -0.15) is 11.3 Å². The van der Waals surface area contributed by atoms with Crippen LogP contribution in [-0.4, -0.2) is 29.0 Å². The number of rotatable bonds is 4. The minimum Gasteiger partial charge on any atom is -0.508 e. The molecule has 1 N–H and O–H groups in total. The molecule has 22 heavy (non-hydrogen) atoms. The second kappa shape index (κ2) is 6.97. The summed E-state index contributed by atoms with van der Waals surface area (Å²) in [7, 11) is 0. The number of aryl methyl sites for hydroxylation is 1. The number of phenolic OH excluding ortho intramolecular Hbond substituents is 1. The molecule has 1 fully saturated rings. The molecule has 2 aromatic rings. The Bertz CT molecular complexity index is 599. The first-order valence-electron chi connectivity index (χ1n) is 7.80. The molecule has 1 aromatic heterocycles. The smallest absolute Gasteiger partial charge is 0.222 e. The van der Waals surface area contributed by atoms with E-state index in [2.05, 4.69) is 16.8 Å². The topological polar surface area (TPSA) is 40.5 Å². The first-order chi connectivity index (χ1) is 10.7. The van der Waals surface area contributed by atoms with Gasteiger partial charge in [0.15, 0.2) is 0 Å². The van der Waals surface area contributed by atoms with Crippen molar-refractivity contribution < 1.29 is 9.90 Å². The van der Waals surface area contributed by atoms with Crippen LogP contribution in [0.5, 0.6) is 5.75 Å². The zero-order chi connectivity index (χ0) is 15.4. The van der Waals surface area contributed by atoms with E-state index < -0.39 is 0 Å². The van der Waals surface area contributed by atoms with Gasteiger partial charge >= 0.3 is 0 Å². The van der Waals surface area contributed by atoms with Gasteiger partial charge in [-0.15, -0.1) is 0 Å². The fourth-order valence-electron chi connectivity index (χ4n) is 3.04. The predicted octanol–water partition coefficient (Wildman–Crippen LogP) is 3.79. The molecule has 0 saturated carbocycles. The fourth-order valence-corrected chi connectivity index (χ4v) is 3.78. The maximum Gasteiger partial charge on any atom is 0.222 e. The van der Waals surface area contributed by atoms with E-state index in [1.807, 2.05) is 17.0 Å². The summed E-state index contributed by atoms with van der Waals surface area (Å²) in [4.78, 5) is 14.3. The van der Waals surface area contributed by atoms with Gasteiger partial charge in [-0.25, -0.2) is 0 Å². The third-order valence-electron chi connectivity index (χ3n) is 4.43. The van der Waals surface area contributed by atoms with Crippen LogP contribution in [0, 0.1) is 0 Å². The number of aromatic hydroxyl groups is 1. The lowest BCUT2D eigenvalue weighted by Crippen LogP contribution is -2.37. The summed E-state index contributed by atoms with van der Waals surface area (Å²) in [6.07, 6.45) is 3.43. The summed E-state index contributed by atoms with van der Waals surface area (Å²) in [6, 6.07) is 9.31. The molecule has 0 unspecified atom stereocenters. The highest BCUT2D eigenvalue weighted by Gasteiger charge is 2.23. The third kappa shape index (κ3) is 3.69. The summed E-state index contributed by atoms with van der Waals surface area (Å²) in [5.74, 6) is 1.13. The van der Waals surface area contributed by atoms with E-state index in [1.54, 1.807) is 23.5 Å². The standard InChI is InChI=1S/C18H21NO2S/c20-17-4-1-14(2-5-17)3-6-18(21)19-10-7-15(8-11-19)16-9-12-22-13-16/h1-2,4-5,9,12-13,15,20H,3,6-8,10-11H2. The number of phenols is 1. The Morgan fingerprint density at radius 3 is 2.55 bits per heavy atom. The molecule has 116 valence electrons. The minimum atomic E-state index is 0.247. The lowest BCUT2D eigenvalue weighted by molar-refractivity contribution is -0.132. The van der Waals surface area contributed by atoms with Crippen LogP contribution in [0.1, 0.15) is 36.3 Å². The van der Waals surface area contributed by atoms with Gasteiger partial charge in [0.05, 0.1) is 0 Å². The van der Waals surface area contributed by atoms with Gasteiger partial charge in [0.1, 0.15) is 5.75 Å². The Kier molecular flexibility index (Phi) is 4.78. The van der Waals surface area contributed by atoms with E-state index in [4.69, 9.17) is 0 Å². The molecule has 0 radical (unpaired) electrons. The summed E-state index contributed by atoms with van der Waals surface area (Å²) in [5, 5.41) is 13.6. The predicted molar refractivity (Wildman–Crippen MR) is 89.3 cm³/mol. The molecule has 1 amide bonds. The molecule has 1 aliphatic heterocycles. The molecule has 0 spiro atoms. The number of nitrogens with zero attached hydrogens (tertiary/aromatic N) is 1. The number of benzene rings is 1. The van der Waals surface area contributed by atoms with Crippen molar-refractivity contribution in [3.8, 4) is 5.75 Å². The number of carbonyl (C=O) groups is 1. The summed E-state index contributed by atoms with van der Waals surface area (Å²) < 4.78 is 0. The van der Waals surface area contributed by atoms with Crippen molar-refractivity contribution in [2.75, 3.05) is 13.1 Å². The number of hydrogen-bond acceptors (Lipinski definition) is 3. The van der Waals surface area contributed by atoms with E-state index in [-0.39, 0.29) is 11.7 Å². The first kappa shape index (κ1) is 15.1. The van der Waals surface area contributed by atoms with Gasteiger partial charge in [0, 0.05) is 19.5 Å². The van der Waals surface area contributed by atoms with Gasteiger partial charge < -0.3 is 10.0 Å². The highest BCUT2D eigenvalue weighted by Crippen LogP contribution is 2.29. The third-order valence-corrected chi connectivity index (χ3v) is 5.13. The zero-order valence-electron chi connectivity index (χ0n) is 12.6. The van der Waals surface area contributed by atoms with Crippen molar-refractivity contribution in [1.29, 1.82) is 0 Å². The molecule has 3 nitrogen and oxygen atoms in total. The van der Waals surface area contributed by atoms with Crippen LogP contribution in [-0.2, 0) is 11.2 Å². The van der Waals surface area contributed by atoms with Crippen LogP contribution in [0.3, 0.4) is 0 Å². The average Bonchev–Trinajstić information content (AvgIpc) is 3.09. The fraction of sp³-hybridized carbons (Fsp3) is 0.389. The summed E-state index contributed by atoms with van der Waals surface area (Å²) >= 11 is 1.75. The SMILES string of the molecule is O=C(CCc1ccc(O)cc1)N1CCC(c2ccsc2)CC1. The van der Waals surface area contributed by atoms with Crippen LogP contribution in [0.4, 0.5) is 0 Å². The number of hydrogen-bond donors (Lipinski definition) is 1. The molecule has 1 aromatic carbocycles. The number of thiophene rings is 1. The second-order valence-electron chi connectivity index (χ2n) is 5.88. The van der Waals surface area contributed by atoms with E-state index in [0.29, 0.717) is 12.3 Å². The van der Waals surface area contributed by atoms with Crippen LogP contribution >= 0.6 is 11.3 Å². The van der Waals surface area contributed by atoms with Crippen molar-refractivity contribution in [1.82, 2.24) is 4.90 Å². The average molecular weight is 315 g/mol. The van der Waals surface area contributed by atoms with Gasteiger partial charge in [0.2, 0.25) is 5.91 Å². The molecule has 1 aliphatic rings. The highest BCUT2D eigenvalue weighted by atomic mass is 32.1. The van der Waals surface area contributed by atoms with Gasteiger partial charge in [-0.05, 0) is 65.3 Å². The molecule has 0 bridgehead atoms. The van der Waals surface area contributed by atoms with Crippen molar-refractivity contribution in [3.05, 3.63) is 52.2 Å². The molecule has 0 aliphatic carbocycles. The largest absolute Gasteiger partial charge is 0.508 e. The lowest BCUT2D eigenvalue weighted by Gasteiger charge is -2.32. The number of piperidine rings is 1. The van der Waals surface area contributed by atoms with Crippen molar-refractivity contribution >= 4 is 17.2 Å². The quantitative estimate of drug-likeness (QED) is 0.932. The molecule has 1 saturated heterocycles. The number of carbonyl (C=O) groups excluding carboxylic acids is 1. The molecular formula is C18H21NO2S. The Labute approximate surface area is 135 Å². The highest BCUT2D eigenvalue weighted by molar-refractivity contribution is 7.07. The monoisotopic (exact) mass is 315 g/mol. The summed E-state index contributed by atoms with van der Waals surface area (Å²) in [5.41, 5.74) is 2.53. The van der Waals surface area contributed by atoms with Crippen molar-refractivity contribution in [3.63, 3.8) is 0 Å². The normalized spacial score (nSPS) is 15.9. The zero-order valence-corrected chi connectivity index (χ0v) is 13.4. The lowest BCUT2D eigenvalue weighted by atomic mass is 9.91. The Morgan fingerprint density at radius 1 is 1.18 bits per heavy atom. The van der Waals surface area contributed by atoms with Gasteiger partial charge in [-0.1, -0.05) is 12.1 Å². The van der Waals surface area contributed by atoms with Crippen molar-refractivity contribution in [2.45, 2.75) is 31.6 Å². The van der Waals surface area contributed by atoms with Crippen molar-refractivity contribution in [2.24, 2.45) is 0 Å². The first-order valence-corrected chi connectivity index (χ1v) is 8.74. The van der Waals surface area contributed by atoms with Crippen LogP contribution in [0.25, 0.3) is 0 Å². The van der Waals surface area contributed by atoms with Gasteiger partial charge in [-0.3, -0.25) is 4.79 Å². The van der Waals surface area contributed by atoms with E-state index in [1.165, 1.54) is 5.56 Å². The minimum absolute atomic E-state index is 0.247. The molecule has 0 atom stereocenters. The van der Waals surface area contributed by atoms with Crippen LogP contribution in [0.2, 0.25) is 0 Å². The number of likely N-dealkylation sites (tertiary alicyclic amines) is 1. The Morgan fingerprint density at radius 2 is 1.91 bits per heavy atom. The van der Waals surface area contributed by atoms with E-state index >= 15 is 0 Å². The second-order valence-corrected chi connectivity index (χ2v) is 6.66. The number of amides is 1. The molecule has 3 rings (SSSR count). The van der Waals surface area contributed by atoms with Crippen LogP contribution in [0.15, 0.2) is 41.1 Å². The molecule has 4 heteroatoms. The Balaban J connectivity index is 1.46. The van der Waals surface area contributed by atoms with E-state index in [9.17, 15) is 9.90 Å². The van der Waals surface area contributed by atoms with Crippen LogP contribution < -0.4 is 0 Å². The maximum atomic E-state index is 12.3. The van der Waals surface area contributed by atoms with E-state index in [0.717, 1.165) is 37.9 Å². The molecular weight excluding hydrogens is 294 g/mol. The summed E-state index contributed by atoms with van der Waals surface area (Å²) in [6.45, 7) is 1.74.